The van der Waals surface area contributed by atoms with E-state index in [9.17, 15) is 0 Å². The molecule has 6 N–H and O–H groups in total. The van der Waals surface area contributed by atoms with E-state index in [-0.39, 0.29) is 0 Å². The average Bonchev–Trinajstić information content (AvgIpc) is 2.00. The Balaban J connectivity index is -0.0000000667. The van der Waals surface area contributed by atoms with Gasteiger partial charge in [0.15, 0.2) is 0 Å². The Labute approximate surface area is 97.6 Å². The van der Waals surface area contributed by atoms with Crippen molar-refractivity contribution in [2.24, 2.45) is 5.92 Å². The first-order chi connectivity index (χ1) is 7.47. The number of carbonyl (C=O) groups is 3. The summed E-state index contributed by atoms with van der Waals surface area (Å²) < 4.78 is 0. The molecule has 0 aromatic rings. The lowest BCUT2D eigenvalue weighted by Crippen LogP contribution is -1.81. The van der Waals surface area contributed by atoms with Crippen molar-refractivity contribution < 1.29 is 45.0 Å². The first-order valence-corrected chi connectivity index (χ1v) is 4.22. The summed E-state index contributed by atoms with van der Waals surface area (Å²) in [7, 11) is 0. The molecule has 104 valence electrons. The van der Waals surface area contributed by atoms with Crippen LogP contribution in [0.5, 0.6) is 0 Å². The fourth-order valence-electron chi connectivity index (χ4n) is 0. The molecule has 0 amide bonds. The highest BCUT2D eigenvalue weighted by Gasteiger charge is 1.80. The van der Waals surface area contributed by atoms with Crippen LogP contribution in [-0.4, -0.2) is 49.1 Å². The van der Waals surface area contributed by atoms with E-state index in [1.54, 1.807) is 0 Å². The zero-order valence-electron chi connectivity index (χ0n) is 9.69. The van der Waals surface area contributed by atoms with Crippen molar-refractivity contribution in [1.82, 2.24) is 0 Å². The van der Waals surface area contributed by atoms with Crippen LogP contribution >= 0.6 is 0 Å². The van der Waals surface area contributed by atoms with Crippen LogP contribution in [0.15, 0.2) is 0 Å². The van der Waals surface area contributed by atoms with E-state index in [2.05, 4.69) is 20.8 Å². The van der Waals surface area contributed by atoms with Crippen LogP contribution in [-0.2, 0) is 0 Å². The fourth-order valence-corrected chi connectivity index (χ4v) is 0. The van der Waals surface area contributed by atoms with Crippen molar-refractivity contribution in [3.63, 3.8) is 0 Å². The van der Waals surface area contributed by atoms with Crippen molar-refractivity contribution in [3.8, 4) is 0 Å². The molecule has 0 atom stereocenters. The lowest BCUT2D eigenvalue weighted by molar-refractivity contribution is 0.135. The lowest BCUT2D eigenvalue weighted by Gasteiger charge is -1.90. The summed E-state index contributed by atoms with van der Waals surface area (Å²) in [5, 5.41) is 41.8. The quantitative estimate of drug-likeness (QED) is 0.413. The van der Waals surface area contributed by atoms with Crippen LogP contribution in [0.1, 0.15) is 27.2 Å². The van der Waals surface area contributed by atoms with Gasteiger partial charge in [-0.15, -0.1) is 0 Å². The maximum absolute atomic E-state index is 8.56. The van der Waals surface area contributed by atoms with Gasteiger partial charge >= 0.3 is 18.5 Å². The summed E-state index contributed by atoms with van der Waals surface area (Å²) in [5.74, 6) is 0.884. The molecule has 0 aromatic carbocycles. The van der Waals surface area contributed by atoms with E-state index in [1.807, 2.05) is 0 Å². The van der Waals surface area contributed by atoms with Gasteiger partial charge in [-0.25, -0.2) is 14.4 Å². The Morgan fingerprint density at radius 1 is 0.765 bits per heavy atom. The molecule has 0 aliphatic carbocycles. The third-order valence-corrected chi connectivity index (χ3v) is 0.816. The second-order valence-electron chi connectivity index (χ2n) is 2.65. The number of hydrogen-bond donors (Lipinski definition) is 6. The molecule has 0 rings (SSSR count). The van der Waals surface area contributed by atoms with Crippen molar-refractivity contribution >= 4 is 18.5 Å². The maximum Gasteiger partial charge on any atom is 0.503 e. The largest absolute Gasteiger partial charge is 0.503 e. The maximum atomic E-state index is 8.56. The van der Waals surface area contributed by atoms with Gasteiger partial charge in [-0.05, 0) is 5.92 Å². The highest BCUT2D eigenvalue weighted by atomic mass is 16.6. The second kappa shape index (κ2) is 19.4. The SMILES string of the molecule is CCC(C)C.O=C(O)O.O=C(O)O.O=C(O)O. The van der Waals surface area contributed by atoms with E-state index in [0.29, 0.717) is 0 Å². The van der Waals surface area contributed by atoms with Crippen LogP contribution in [0.25, 0.3) is 0 Å². The topological polar surface area (TPSA) is 173 Å². The summed E-state index contributed by atoms with van der Waals surface area (Å²) in [5.41, 5.74) is 0. The van der Waals surface area contributed by atoms with E-state index in [4.69, 9.17) is 45.0 Å². The third-order valence-electron chi connectivity index (χ3n) is 0.816. The van der Waals surface area contributed by atoms with Crippen molar-refractivity contribution in [2.75, 3.05) is 0 Å². The highest BCUT2D eigenvalue weighted by molar-refractivity contribution is 5.53. The van der Waals surface area contributed by atoms with E-state index < -0.39 is 18.5 Å². The molecule has 0 fully saturated rings. The molecule has 9 nitrogen and oxygen atoms in total. The highest BCUT2D eigenvalue weighted by Crippen LogP contribution is 1.93. The smallest absolute Gasteiger partial charge is 0.450 e. The molecule has 0 unspecified atom stereocenters. The molecule has 0 heterocycles. The molecule has 0 saturated carbocycles. The van der Waals surface area contributed by atoms with Crippen LogP contribution < -0.4 is 0 Å². The summed E-state index contributed by atoms with van der Waals surface area (Å²) in [6, 6.07) is 0. The molecule has 9 heteroatoms. The lowest BCUT2D eigenvalue weighted by atomic mass is 10.2. The average molecular weight is 258 g/mol. The van der Waals surface area contributed by atoms with Gasteiger partial charge in [0.2, 0.25) is 0 Å². The Morgan fingerprint density at radius 3 is 0.824 bits per heavy atom. The molecule has 0 spiro atoms. The number of hydrogen-bond acceptors (Lipinski definition) is 3. The summed E-state index contributed by atoms with van der Waals surface area (Å²) in [6.45, 7) is 6.64. The molecule has 0 radical (unpaired) electrons. The van der Waals surface area contributed by atoms with Crippen molar-refractivity contribution in [3.05, 3.63) is 0 Å². The normalized spacial score (nSPS) is 7.06. The minimum atomic E-state index is -1.83. The molecule has 0 aliphatic heterocycles. The minimum absolute atomic E-state index is 0.884. The minimum Gasteiger partial charge on any atom is -0.450 e. The van der Waals surface area contributed by atoms with E-state index in [0.717, 1.165) is 5.92 Å². The van der Waals surface area contributed by atoms with Gasteiger partial charge in [0.05, 0.1) is 0 Å². The number of rotatable bonds is 1. The molecule has 0 saturated heterocycles. The van der Waals surface area contributed by atoms with E-state index in [1.165, 1.54) is 6.42 Å². The van der Waals surface area contributed by atoms with Gasteiger partial charge in [0.25, 0.3) is 0 Å². The Morgan fingerprint density at radius 2 is 0.824 bits per heavy atom. The Kier molecular flexibility index (Phi) is 27.6. The molecule has 0 aromatic heterocycles. The standard InChI is InChI=1S/C5H12.3CH2O3/c1-4-5(2)3;3*2-1(3)4/h5H,4H2,1-3H3;3*(H2,2,3,4). The van der Waals surface area contributed by atoms with E-state index >= 15 is 0 Å². The zero-order chi connectivity index (χ0) is 15.0. The third kappa shape index (κ3) is 53400. The Hall–Kier alpha value is -2.19. The molecule has 17 heavy (non-hydrogen) atoms. The molecular weight excluding hydrogens is 240 g/mol. The molecule has 0 aliphatic rings. The van der Waals surface area contributed by atoms with Gasteiger partial charge in [0.1, 0.15) is 0 Å². The zero-order valence-corrected chi connectivity index (χ0v) is 9.69. The second-order valence-corrected chi connectivity index (χ2v) is 2.65. The molecule has 0 bridgehead atoms. The number of carboxylic acid groups (broad SMARTS) is 6. The first kappa shape index (κ1) is 24.2. The fraction of sp³-hybridized carbons (Fsp3) is 0.625. The predicted molar refractivity (Wildman–Crippen MR) is 57.1 cm³/mol. The van der Waals surface area contributed by atoms with Crippen LogP contribution in [0, 0.1) is 5.92 Å². The summed E-state index contributed by atoms with van der Waals surface area (Å²) in [6.07, 6.45) is -4.19. The Bertz CT molecular complexity index is 159. The monoisotopic (exact) mass is 258 g/mol. The van der Waals surface area contributed by atoms with Crippen molar-refractivity contribution in [1.29, 1.82) is 0 Å². The van der Waals surface area contributed by atoms with Gasteiger partial charge in [-0.1, -0.05) is 27.2 Å². The van der Waals surface area contributed by atoms with Gasteiger partial charge in [-0.2, -0.15) is 0 Å². The predicted octanol–water partition coefficient (Wildman–Crippen LogP) is 2.72. The summed E-state index contributed by atoms with van der Waals surface area (Å²) >= 11 is 0. The van der Waals surface area contributed by atoms with Crippen LogP contribution in [0.3, 0.4) is 0 Å². The first-order valence-electron chi connectivity index (χ1n) is 4.22. The van der Waals surface area contributed by atoms with Gasteiger partial charge < -0.3 is 30.6 Å². The van der Waals surface area contributed by atoms with Crippen LogP contribution in [0.2, 0.25) is 0 Å². The van der Waals surface area contributed by atoms with Crippen molar-refractivity contribution in [2.45, 2.75) is 27.2 Å². The molecular formula is C8H18O9. The van der Waals surface area contributed by atoms with Gasteiger partial charge in [-0.3, -0.25) is 0 Å². The van der Waals surface area contributed by atoms with Gasteiger partial charge in [0, 0.05) is 0 Å². The van der Waals surface area contributed by atoms with Crippen LogP contribution in [0.4, 0.5) is 14.4 Å². The summed E-state index contributed by atoms with van der Waals surface area (Å²) in [4.78, 5) is 25.7.